The largest absolute Gasteiger partial charge is 0.394 e. The monoisotopic (exact) mass is 504 g/mol. The Balaban J connectivity index is 1.93. The van der Waals surface area contributed by atoms with Crippen LogP contribution in [0.25, 0.3) is 0 Å². The number of aliphatic hydroxyl groups is 11. The highest BCUT2D eigenvalue weighted by molar-refractivity contribution is 5.01. The van der Waals surface area contributed by atoms with Crippen LogP contribution in [0.3, 0.4) is 0 Å². The van der Waals surface area contributed by atoms with Crippen molar-refractivity contribution in [1.29, 1.82) is 0 Å². The van der Waals surface area contributed by atoms with Gasteiger partial charge in [0.1, 0.15) is 74.3 Å². The molecule has 13 atom stereocenters. The van der Waals surface area contributed by atoms with Crippen LogP contribution in [-0.4, -0.2) is 168 Å². The minimum atomic E-state index is -2.45. The summed E-state index contributed by atoms with van der Waals surface area (Å²) in [6.07, 6.45) is -19.2. The highest BCUT2D eigenvalue weighted by Gasteiger charge is 2.62. The van der Waals surface area contributed by atoms with Gasteiger partial charge in [-0.15, -0.1) is 0 Å². The van der Waals surface area contributed by atoms with E-state index in [2.05, 4.69) is 0 Å². The van der Waals surface area contributed by atoms with Gasteiger partial charge in [-0.1, -0.05) is 0 Å². The molecule has 3 fully saturated rings. The SMILES string of the molecule is OC[C@H]1O[C@](CO)(O[C@H]2[C@@H](O[C@]3(CO)O[C@H](CO)[C@@H](O)[C@@H]3O)O[C@H](CO)[C@@H](O)[C@@H]2O)[C@@H](O)[C@@H]1O. The van der Waals surface area contributed by atoms with Gasteiger partial charge in [0.15, 0.2) is 6.29 Å². The fraction of sp³-hybridized carbons (Fsp3) is 1.00. The van der Waals surface area contributed by atoms with Crippen LogP contribution in [0.5, 0.6) is 0 Å². The maximum absolute atomic E-state index is 10.7. The van der Waals surface area contributed by atoms with Crippen LogP contribution in [0.15, 0.2) is 0 Å². The van der Waals surface area contributed by atoms with Crippen LogP contribution in [0.1, 0.15) is 0 Å². The van der Waals surface area contributed by atoms with Crippen LogP contribution in [0, 0.1) is 0 Å². The van der Waals surface area contributed by atoms with Gasteiger partial charge in [-0.25, -0.2) is 0 Å². The molecule has 0 unspecified atom stereocenters. The molecule has 3 saturated heterocycles. The normalized spacial score (nSPS) is 51.8. The highest BCUT2D eigenvalue weighted by atomic mass is 16.8. The van der Waals surface area contributed by atoms with Gasteiger partial charge < -0.3 is 79.9 Å². The van der Waals surface area contributed by atoms with Gasteiger partial charge in [0, 0.05) is 0 Å². The van der Waals surface area contributed by atoms with Crippen molar-refractivity contribution < 1.29 is 79.9 Å². The van der Waals surface area contributed by atoms with Gasteiger partial charge in [0.05, 0.1) is 19.8 Å². The first-order chi connectivity index (χ1) is 16.0. The molecule has 0 aliphatic carbocycles. The molecule has 0 aromatic rings. The summed E-state index contributed by atoms with van der Waals surface area (Å²) < 4.78 is 27.0. The number of rotatable bonds is 9. The summed E-state index contributed by atoms with van der Waals surface area (Å²) >= 11 is 0. The first-order valence-corrected chi connectivity index (χ1v) is 10.5. The molecule has 16 heteroatoms. The molecular weight excluding hydrogens is 472 g/mol. The average molecular weight is 504 g/mol. The van der Waals surface area contributed by atoms with Crippen LogP contribution < -0.4 is 0 Å². The van der Waals surface area contributed by atoms with E-state index in [1.54, 1.807) is 0 Å². The Morgan fingerprint density at radius 1 is 0.559 bits per heavy atom. The topological polar surface area (TPSA) is 269 Å². The van der Waals surface area contributed by atoms with E-state index in [1.165, 1.54) is 0 Å². The second-order valence-electron chi connectivity index (χ2n) is 8.40. The van der Waals surface area contributed by atoms with Crippen LogP contribution in [-0.2, 0) is 23.7 Å². The fourth-order valence-electron chi connectivity index (χ4n) is 4.24. The summed E-state index contributed by atoms with van der Waals surface area (Å²) in [5.74, 6) is -4.89. The van der Waals surface area contributed by atoms with Gasteiger partial charge in [-0.3, -0.25) is 0 Å². The van der Waals surface area contributed by atoms with Gasteiger partial charge in [0.2, 0.25) is 11.6 Å². The maximum atomic E-state index is 10.7. The fourth-order valence-corrected chi connectivity index (χ4v) is 4.24. The first-order valence-electron chi connectivity index (χ1n) is 10.5. The molecule has 0 aromatic carbocycles. The summed E-state index contributed by atoms with van der Waals surface area (Å²) in [4.78, 5) is 0. The van der Waals surface area contributed by atoms with Gasteiger partial charge >= 0.3 is 0 Å². The van der Waals surface area contributed by atoms with Crippen LogP contribution in [0.4, 0.5) is 0 Å². The zero-order valence-corrected chi connectivity index (χ0v) is 17.8. The minimum Gasteiger partial charge on any atom is -0.394 e. The second kappa shape index (κ2) is 10.8. The predicted octanol–water partition coefficient (Wildman–Crippen LogP) is -7.57. The standard InChI is InChI=1S/C18H32O16/c19-1-6-9(24)12(27)13(33-17(4-22)14(28)10(25)7(2-20)31-17)16(30-6)34-18(5-23)15(29)11(26)8(3-21)32-18/h6-16,19-29H,1-5H2/t6-,7-,8-,9-,10-,11-,12+,13-,14+,15+,16-,17-,18+/m1/s1. The van der Waals surface area contributed by atoms with E-state index in [1.807, 2.05) is 0 Å². The third-order valence-electron chi connectivity index (χ3n) is 6.29. The molecule has 0 spiro atoms. The van der Waals surface area contributed by atoms with E-state index in [-0.39, 0.29) is 0 Å². The third kappa shape index (κ3) is 4.59. The Bertz CT molecular complexity index is 670. The van der Waals surface area contributed by atoms with Gasteiger partial charge in [-0.05, 0) is 0 Å². The van der Waals surface area contributed by atoms with Crippen molar-refractivity contribution in [1.82, 2.24) is 0 Å². The van der Waals surface area contributed by atoms with Gasteiger partial charge in [-0.2, -0.15) is 0 Å². The quantitative estimate of drug-likeness (QED) is 0.139. The van der Waals surface area contributed by atoms with E-state index >= 15 is 0 Å². The van der Waals surface area contributed by atoms with E-state index in [0.29, 0.717) is 0 Å². The lowest BCUT2D eigenvalue weighted by molar-refractivity contribution is -0.413. The van der Waals surface area contributed by atoms with Crippen molar-refractivity contribution in [2.24, 2.45) is 0 Å². The molecule has 34 heavy (non-hydrogen) atoms. The summed E-state index contributed by atoms with van der Waals surface area (Å²) in [6.45, 7) is -4.61. The zero-order chi connectivity index (χ0) is 25.4. The summed E-state index contributed by atoms with van der Waals surface area (Å²) in [5.41, 5.74) is 0. The Kier molecular flexibility index (Phi) is 8.85. The van der Waals surface area contributed by atoms with Gasteiger partial charge in [0.25, 0.3) is 0 Å². The minimum absolute atomic E-state index is 0.774. The number of hydrogen-bond acceptors (Lipinski definition) is 16. The van der Waals surface area contributed by atoms with Crippen molar-refractivity contribution in [3.05, 3.63) is 0 Å². The molecule has 3 aliphatic rings. The third-order valence-corrected chi connectivity index (χ3v) is 6.29. The molecule has 0 saturated carbocycles. The zero-order valence-electron chi connectivity index (χ0n) is 17.8. The number of ether oxygens (including phenoxy) is 5. The lowest BCUT2D eigenvalue weighted by Gasteiger charge is -2.47. The summed E-state index contributed by atoms with van der Waals surface area (Å²) in [6, 6.07) is 0. The number of aliphatic hydroxyl groups excluding tert-OH is 11. The Labute approximate surface area is 192 Å². The second-order valence-corrected chi connectivity index (χ2v) is 8.40. The summed E-state index contributed by atoms with van der Waals surface area (Å²) in [5, 5.41) is 110. The van der Waals surface area contributed by atoms with Crippen molar-refractivity contribution in [2.45, 2.75) is 78.9 Å². The molecule has 0 amide bonds. The molecule has 3 aliphatic heterocycles. The van der Waals surface area contributed by atoms with Crippen LogP contribution >= 0.6 is 0 Å². The van der Waals surface area contributed by atoms with Crippen molar-refractivity contribution >= 4 is 0 Å². The predicted molar refractivity (Wildman–Crippen MR) is 101 cm³/mol. The molecule has 0 aromatic heterocycles. The van der Waals surface area contributed by atoms with E-state index in [4.69, 9.17) is 23.7 Å². The highest BCUT2D eigenvalue weighted by Crippen LogP contribution is 2.40. The Hall–Kier alpha value is -0.640. The molecule has 16 nitrogen and oxygen atoms in total. The van der Waals surface area contributed by atoms with Crippen LogP contribution in [0.2, 0.25) is 0 Å². The molecular formula is C18H32O16. The lowest BCUT2D eigenvalue weighted by atomic mass is 9.97. The van der Waals surface area contributed by atoms with E-state index in [0.717, 1.165) is 0 Å². The summed E-state index contributed by atoms with van der Waals surface area (Å²) in [7, 11) is 0. The smallest absolute Gasteiger partial charge is 0.224 e. The van der Waals surface area contributed by atoms with Crippen molar-refractivity contribution in [3.8, 4) is 0 Å². The Morgan fingerprint density at radius 2 is 1.00 bits per heavy atom. The maximum Gasteiger partial charge on any atom is 0.224 e. The molecule has 200 valence electrons. The lowest BCUT2D eigenvalue weighted by Crippen LogP contribution is -2.66. The van der Waals surface area contributed by atoms with Crippen molar-refractivity contribution in [2.75, 3.05) is 33.0 Å². The van der Waals surface area contributed by atoms with E-state index < -0.39 is 112 Å². The molecule has 0 bridgehead atoms. The van der Waals surface area contributed by atoms with Crippen molar-refractivity contribution in [3.63, 3.8) is 0 Å². The average Bonchev–Trinajstić information content (AvgIpc) is 3.24. The molecule has 3 rings (SSSR count). The molecule has 0 radical (unpaired) electrons. The Morgan fingerprint density at radius 3 is 1.38 bits per heavy atom. The first kappa shape index (κ1) is 27.9. The van der Waals surface area contributed by atoms with E-state index in [9.17, 15) is 56.2 Å². The molecule has 11 N–H and O–H groups in total. The number of hydrogen-bond donors (Lipinski definition) is 11. The molecule has 3 heterocycles.